The van der Waals surface area contributed by atoms with Crippen molar-refractivity contribution in [3.05, 3.63) is 47.0 Å². The van der Waals surface area contributed by atoms with Crippen LogP contribution in [0.4, 0.5) is 27.8 Å². The van der Waals surface area contributed by atoms with Gasteiger partial charge >= 0.3 is 6.03 Å². The van der Waals surface area contributed by atoms with Crippen LogP contribution >= 0.6 is 0 Å². The molecule has 4 heterocycles. The number of benzene rings is 1. The van der Waals surface area contributed by atoms with Crippen molar-refractivity contribution in [2.24, 2.45) is 0 Å². The van der Waals surface area contributed by atoms with Gasteiger partial charge in [-0.2, -0.15) is 0 Å². The van der Waals surface area contributed by atoms with E-state index in [9.17, 15) is 9.59 Å². The van der Waals surface area contributed by atoms with Crippen LogP contribution in [-0.2, 0) is 4.74 Å². The van der Waals surface area contributed by atoms with Crippen LogP contribution in [0.15, 0.2) is 41.5 Å². The third-order valence-electron chi connectivity index (χ3n) is 5.76. The number of morpholine rings is 1. The number of H-pyrrole nitrogens is 1. The second kappa shape index (κ2) is 9.33. The van der Waals surface area contributed by atoms with E-state index in [1.807, 2.05) is 24.3 Å². The molecule has 3 aromatic rings. The molecule has 172 valence electrons. The van der Waals surface area contributed by atoms with E-state index in [1.165, 1.54) is 6.33 Å². The number of aromatic nitrogens is 3. The first-order chi connectivity index (χ1) is 16.2. The van der Waals surface area contributed by atoms with Gasteiger partial charge in [-0.15, -0.1) is 0 Å². The van der Waals surface area contributed by atoms with Gasteiger partial charge in [0, 0.05) is 56.7 Å². The highest BCUT2D eigenvalue weighted by Gasteiger charge is 2.19. The Morgan fingerprint density at radius 2 is 1.91 bits per heavy atom. The Kier molecular flexibility index (Phi) is 5.94. The average Bonchev–Trinajstić information content (AvgIpc) is 3.25. The number of ether oxygens (including phenoxy) is 1. The molecule has 0 aliphatic carbocycles. The van der Waals surface area contributed by atoms with Crippen LogP contribution in [0, 0.1) is 0 Å². The molecule has 2 saturated heterocycles. The molecular formula is C22H26N8O3. The summed E-state index contributed by atoms with van der Waals surface area (Å²) in [5.41, 5.74) is 2.21. The second-order valence-corrected chi connectivity index (χ2v) is 7.90. The van der Waals surface area contributed by atoms with Gasteiger partial charge in [0.25, 0.3) is 5.56 Å². The number of carbonyl (C=O) groups is 1. The van der Waals surface area contributed by atoms with Gasteiger partial charge in [-0.05, 0) is 24.3 Å². The molecule has 11 nitrogen and oxygen atoms in total. The Morgan fingerprint density at radius 3 is 2.67 bits per heavy atom. The molecule has 0 radical (unpaired) electrons. The number of amides is 2. The van der Waals surface area contributed by atoms with Crippen molar-refractivity contribution in [1.82, 2.24) is 25.2 Å². The summed E-state index contributed by atoms with van der Waals surface area (Å²) in [4.78, 5) is 39.8. The molecule has 2 fully saturated rings. The van der Waals surface area contributed by atoms with Gasteiger partial charge in [-0.25, -0.2) is 14.8 Å². The third kappa shape index (κ3) is 4.67. The van der Waals surface area contributed by atoms with Crippen molar-refractivity contribution in [3.8, 4) is 0 Å². The van der Waals surface area contributed by atoms with Gasteiger partial charge in [0.05, 0.1) is 25.1 Å². The molecular weight excluding hydrogens is 424 g/mol. The minimum absolute atomic E-state index is 0.0562. The Bertz CT molecular complexity index is 1190. The largest absolute Gasteiger partial charge is 0.378 e. The lowest BCUT2D eigenvalue weighted by atomic mass is 10.2. The van der Waals surface area contributed by atoms with Gasteiger partial charge in [-0.3, -0.25) is 4.79 Å². The molecule has 0 unspecified atom stereocenters. The van der Waals surface area contributed by atoms with E-state index < -0.39 is 0 Å². The van der Waals surface area contributed by atoms with Crippen molar-refractivity contribution in [2.75, 3.05) is 68.0 Å². The monoisotopic (exact) mass is 450 g/mol. The van der Waals surface area contributed by atoms with Crippen LogP contribution in [-0.4, -0.2) is 78.4 Å². The molecule has 0 saturated carbocycles. The number of rotatable bonds is 7. The van der Waals surface area contributed by atoms with E-state index in [0.29, 0.717) is 48.7 Å². The molecule has 2 aromatic heterocycles. The molecule has 0 atom stereocenters. The maximum Gasteiger partial charge on any atom is 0.317 e. The zero-order chi connectivity index (χ0) is 22.6. The molecule has 33 heavy (non-hydrogen) atoms. The van der Waals surface area contributed by atoms with Crippen LogP contribution in [0.1, 0.15) is 0 Å². The van der Waals surface area contributed by atoms with E-state index in [1.54, 1.807) is 11.0 Å². The third-order valence-corrected chi connectivity index (χ3v) is 5.76. The molecule has 2 amide bonds. The molecule has 2 aliphatic heterocycles. The van der Waals surface area contributed by atoms with E-state index in [2.05, 4.69) is 35.8 Å². The predicted octanol–water partition coefficient (Wildman–Crippen LogP) is 1.34. The van der Waals surface area contributed by atoms with Gasteiger partial charge in [-0.1, -0.05) is 0 Å². The normalized spacial score (nSPS) is 16.2. The lowest BCUT2D eigenvalue weighted by Crippen LogP contribution is -2.36. The van der Waals surface area contributed by atoms with Crippen LogP contribution in [0.25, 0.3) is 10.9 Å². The van der Waals surface area contributed by atoms with Gasteiger partial charge in [0.2, 0.25) is 0 Å². The van der Waals surface area contributed by atoms with Crippen molar-refractivity contribution < 1.29 is 9.53 Å². The summed E-state index contributed by atoms with van der Waals surface area (Å²) in [7, 11) is 0. The summed E-state index contributed by atoms with van der Waals surface area (Å²) in [6, 6.07) is 9.70. The first-order valence-corrected chi connectivity index (χ1v) is 11.0. The van der Waals surface area contributed by atoms with Crippen molar-refractivity contribution in [1.29, 1.82) is 0 Å². The first kappa shape index (κ1) is 21.0. The van der Waals surface area contributed by atoms with E-state index in [-0.39, 0.29) is 11.6 Å². The number of anilines is 4. The van der Waals surface area contributed by atoms with Crippen molar-refractivity contribution >= 4 is 39.9 Å². The van der Waals surface area contributed by atoms with Crippen molar-refractivity contribution in [3.63, 3.8) is 0 Å². The molecule has 2 aliphatic rings. The maximum absolute atomic E-state index is 12.5. The SMILES string of the molecule is O=C1NCCN1CCNc1cc2nc[nH]c(=O)c2c(Nc2ccc(N3CCOCC3)cc2)n1. The molecule has 1 aromatic carbocycles. The summed E-state index contributed by atoms with van der Waals surface area (Å²) in [6.07, 6.45) is 1.38. The smallest absolute Gasteiger partial charge is 0.317 e. The summed E-state index contributed by atoms with van der Waals surface area (Å²) in [5, 5.41) is 9.68. The van der Waals surface area contributed by atoms with E-state index in [4.69, 9.17) is 4.74 Å². The number of pyridine rings is 1. The Labute approximate surface area is 190 Å². The number of hydrogen-bond donors (Lipinski definition) is 4. The van der Waals surface area contributed by atoms with Crippen LogP contribution in [0.3, 0.4) is 0 Å². The lowest BCUT2D eigenvalue weighted by molar-refractivity contribution is 0.122. The fraction of sp³-hybridized carbons (Fsp3) is 0.364. The number of hydrogen-bond acceptors (Lipinski definition) is 8. The number of nitrogens with one attached hydrogen (secondary N) is 4. The van der Waals surface area contributed by atoms with E-state index in [0.717, 1.165) is 37.7 Å². The molecule has 11 heteroatoms. The molecule has 0 spiro atoms. The standard InChI is InChI=1S/C22H26N8O3/c31-21-19-17(25-14-26-21)13-18(23-5-7-30-8-6-24-22(30)32)28-20(19)27-15-1-3-16(4-2-15)29-9-11-33-12-10-29/h1-4,13-14H,5-12H2,(H,24,32)(H2,23,27,28)(H,25,26,31). The topological polar surface area (TPSA) is 128 Å². The van der Waals surface area contributed by atoms with Crippen LogP contribution in [0.5, 0.6) is 0 Å². The number of fused-ring (bicyclic) bond motifs is 1. The Hall–Kier alpha value is -3.86. The predicted molar refractivity (Wildman–Crippen MR) is 126 cm³/mol. The zero-order valence-corrected chi connectivity index (χ0v) is 18.1. The fourth-order valence-electron chi connectivity index (χ4n) is 4.03. The molecule has 4 N–H and O–H groups in total. The fourth-order valence-corrected chi connectivity index (χ4v) is 4.03. The highest BCUT2D eigenvalue weighted by molar-refractivity contribution is 5.92. The van der Waals surface area contributed by atoms with Gasteiger partial charge < -0.3 is 35.5 Å². The van der Waals surface area contributed by atoms with Crippen LogP contribution < -0.4 is 26.4 Å². The average molecular weight is 451 g/mol. The Balaban J connectivity index is 1.35. The zero-order valence-electron chi connectivity index (χ0n) is 18.1. The maximum atomic E-state index is 12.5. The first-order valence-electron chi connectivity index (χ1n) is 11.0. The lowest BCUT2D eigenvalue weighted by Gasteiger charge is -2.28. The highest BCUT2D eigenvalue weighted by Crippen LogP contribution is 2.25. The van der Waals surface area contributed by atoms with Crippen LogP contribution in [0.2, 0.25) is 0 Å². The summed E-state index contributed by atoms with van der Waals surface area (Å²) in [6.45, 7) is 5.64. The second-order valence-electron chi connectivity index (χ2n) is 7.90. The molecule has 5 rings (SSSR count). The number of urea groups is 1. The minimum Gasteiger partial charge on any atom is -0.378 e. The number of nitrogens with zero attached hydrogens (tertiary/aromatic N) is 4. The van der Waals surface area contributed by atoms with E-state index >= 15 is 0 Å². The summed E-state index contributed by atoms with van der Waals surface area (Å²) in [5.74, 6) is 0.995. The quantitative estimate of drug-likeness (QED) is 0.425. The highest BCUT2D eigenvalue weighted by atomic mass is 16.5. The van der Waals surface area contributed by atoms with Gasteiger partial charge in [0.15, 0.2) is 0 Å². The summed E-state index contributed by atoms with van der Waals surface area (Å²) < 4.78 is 5.42. The minimum atomic E-state index is -0.264. The number of carbonyl (C=O) groups excluding carboxylic acids is 1. The van der Waals surface area contributed by atoms with Crippen molar-refractivity contribution in [2.45, 2.75) is 0 Å². The number of aromatic amines is 1. The summed E-state index contributed by atoms with van der Waals surface area (Å²) >= 11 is 0. The molecule has 0 bridgehead atoms. The van der Waals surface area contributed by atoms with Gasteiger partial charge in [0.1, 0.15) is 17.0 Å². The Morgan fingerprint density at radius 1 is 1.09 bits per heavy atom.